The third-order valence-electron chi connectivity index (χ3n) is 7.38. The summed E-state index contributed by atoms with van der Waals surface area (Å²) in [6.45, 7) is 4.07. The lowest BCUT2D eigenvalue weighted by atomic mass is 9.79. The van der Waals surface area contributed by atoms with Crippen LogP contribution in [-0.2, 0) is 33.0 Å². The lowest BCUT2D eigenvalue weighted by Crippen LogP contribution is -2.59. The number of nitrogens with zero attached hydrogens (tertiary/aromatic N) is 4. The molecule has 1 aromatic heterocycles. The molecule has 0 atom stereocenters. The van der Waals surface area contributed by atoms with Gasteiger partial charge in [-0.05, 0) is 31.0 Å². The highest BCUT2D eigenvalue weighted by molar-refractivity contribution is 7.89. The van der Waals surface area contributed by atoms with Gasteiger partial charge in [0.2, 0.25) is 15.9 Å². The van der Waals surface area contributed by atoms with E-state index in [1.165, 1.54) is 37.7 Å². The Morgan fingerprint density at radius 3 is 2.56 bits per heavy atom. The third kappa shape index (κ3) is 5.15. The van der Waals surface area contributed by atoms with E-state index >= 15 is 0 Å². The van der Waals surface area contributed by atoms with Crippen molar-refractivity contribution in [3.05, 3.63) is 24.0 Å². The molecule has 0 unspecified atom stereocenters. The predicted molar refractivity (Wildman–Crippen MR) is 131 cm³/mol. The smallest absolute Gasteiger partial charge is 0.242 e. The molecule has 2 aliphatic rings. The van der Waals surface area contributed by atoms with Crippen molar-refractivity contribution in [2.24, 2.45) is 7.05 Å². The molecule has 1 N–H and O–H groups in total. The first-order chi connectivity index (χ1) is 16.2. The number of imidazole rings is 1. The van der Waals surface area contributed by atoms with Crippen molar-refractivity contribution < 1.29 is 17.9 Å². The fraction of sp³-hybridized carbons (Fsp3) is 0.667. The number of morpholine rings is 1. The van der Waals surface area contributed by atoms with Gasteiger partial charge >= 0.3 is 0 Å². The summed E-state index contributed by atoms with van der Waals surface area (Å²) in [6.07, 6.45) is 6.77. The van der Waals surface area contributed by atoms with Crippen LogP contribution in [0.2, 0.25) is 0 Å². The van der Waals surface area contributed by atoms with Crippen LogP contribution in [0.1, 0.15) is 44.3 Å². The van der Waals surface area contributed by atoms with Gasteiger partial charge in [-0.1, -0.05) is 19.3 Å². The van der Waals surface area contributed by atoms with E-state index in [0.29, 0.717) is 24.9 Å². The Labute approximate surface area is 202 Å². The third-order valence-corrected chi connectivity index (χ3v) is 9.19. The van der Waals surface area contributed by atoms with Gasteiger partial charge < -0.3 is 14.6 Å². The lowest BCUT2D eigenvalue weighted by Gasteiger charge is -2.48. The van der Waals surface area contributed by atoms with E-state index in [0.717, 1.165) is 50.5 Å². The molecule has 34 heavy (non-hydrogen) atoms. The SMILES string of the molecule is CN(C)S(=O)(=O)c1ccc2c(c1)nc(CCC(=O)NCC1(N3CCOCC3)CCCCC1)n2C. The summed E-state index contributed by atoms with van der Waals surface area (Å²) in [5.41, 5.74) is 1.51. The molecule has 1 aliphatic heterocycles. The minimum atomic E-state index is -3.52. The first-order valence-corrected chi connectivity index (χ1v) is 13.6. The van der Waals surface area contributed by atoms with Crippen LogP contribution >= 0.6 is 0 Å². The van der Waals surface area contributed by atoms with Crippen molar-refractivity contribution in [1.82, 2.24) is 24.1 Å². The maximum Gasteiger partial charge on any atom is 0.242 e. The summed E-state index contributed by atoms with van der Waals surface area (Å²) in [5.74, 6) is 0.797. The summed E-state index contributed by atoms with van der Waals surface area (Å²) in [7, 11) is 1.40. The zero-order valence-electron chi connectivity index (χ0n) is 20.5. The Kier molecular flexibility index (Phi) is 7.61. The normalized spacial score (nSPS) is 19.5. The van der Waals surface area contributed by atoms with Gasteiger partial charge in [-0.25, -0.2) is 17.7 Å². The zero-order valence-corrected chi connectivity index (χ0v) is 21.4. The topological polar surface area (TPSA) is 96.8 Å². The molecular formula is C24H37N5O4S. The van der Waals surface area contributed by atoms with Crippen molar-refractivity contribution in [1.29, 1.82) is 0 Å². The minimum Gasteiger partial charge on any atom is -0.379 e. The number of hydrogen-bond donors (Lipinski definition) is 1. The second kappa shape index (κ2) is 10.3. The highest BCUT2D eigenvalue weighted by Gasteiger charge is 2.38. The molecule has 0 radical (unpaired) electrons. The number of rotatable bonds is 8. The van der Waals surface area contributed by atoms with Crippen LogP contribution in [0.4, 0.5) is 0 Å². The predicted octanol–water partition coefficient (Wildman–Crippen LogP) is 1.91. The second-order valence-electron chi connectivity index (χ2n) is 9.69. The standard InChI is InChI=1S/C24H37N5O4S/c1-27(2)34(31,32)19-7-8-21-20(17-19)26-22(28(21)3)9-10-23(30)25-18-24(11-5-4-6-12-24)29-13-15-33-16-14-29/h7-8,17H,4-6,9-16,18H2,1-3H3,(H,25,30). The molecule has 4 rings (SSSR count). The molecule has 1 amide bonds. The zero-order chi connectivity index (χ0) is 24.3. The van der Waals surface area contributed by atoms with Gasteiger partial charge in [-0.2, -0.15) is 0 Å². The summed E-state index contributed by atoms with van der Waals surface area (Å²) in [6, 6.07) is 4.98. The van der Waals surface area contributed by atoms with E-state index in [9.17, 15) is 13.2 Å². The van der Waals surface area contributed by atoms with Gasteiger partial charge in [0.25, 0.3) is 0 Å². The fourth-order valence-corrected chi connectivity index (χ4v) is 6.18. The Balaban J connectivity index is 1.40. The van der Waals surface area contributed by atoms with Crippen molar-refractivity contribution in [2.45, 2.75) is 55.4 Å². The molecular weight excluding hydrogens is 454 g/mol. The molecule has 2 aromatic rings. The molecule has 0 bridgehead atoms. The monoisotopic (exact) mass is 491 g/mol. The van der Waals surface area contributed by atoms with E-state index in [2.05, 4.69) is 15.2 Å². The number of benzene rings is 1. The van der Waals surface area contributed by atoms with Crippen molar-refractivity contribution in [3.8, 4) is 0 Å². The molecule has 1 saturated carbocycles. The van der Waals surface area contributed by atoms with Crippen LogP contribution in [0.25, 0.3) is 11.0 Å². The van der Waals surface area contributed by atoms with Gasteiger partial charge in [0.05, 0.1) is 29.1 Å². The highest BCUT2D eigenvalue weighted by atomic mass is 32.2. The first-order valence-electron chi connectivity index (χ1n) is 12.2. The minimum absolute atomic E-state index is 0.0288. The maximum atomic E-state index is 12.8. The lowest BCUT2D eigenvalue weighted by molar-refractivity contribution is -0.122. The largest absolute Gasteiger partial charge is 0.379 e. The molecule has 188 valence electrons. The average Bonchev–Trinajstić information content (AvgIpc) is 3.17. The summed E-state index contributed by atoms with van der Waals surface area (Å²) in [5, 5.41) is 3.21. The van der Waals surface area contributed by atoms with Gasteiger partial charge in [-0.3, -0.25) is 9.69 Å². The van der Waals surface area contributed by atoms with Crippen molar-refractivity contribution in [3.63, 3.8) is 0 Å². The van der Waals surface area contributed by atoms with E-state index < -0.39 is 10.0 Å². The number of carbonyl (C=O) groups is 1. The van der Waals surface area contributed by atoms with Crippen LogP contribution in [-0.4, -0.2) is 85.6 Å². The number of nitrogens with one attached hydrogen (secondary N) is 1. The van der Waals surface area contributed by atoms with Gasteiger partial charge in [-0.15, -0.1) is 0 Å². The number of hydrogen-bond acceptors (Lipinski definition) is 6. The Bertz CT molecular complexity index is 1120. The van der Waals surface area contributed by atoms with E-state index in [-0.39, 0.29) is 16.3 Å². The molecule has 1 saturated heterocycles. The number of amides is 1. The fourth-order valence-electron chi connectivity index (χ4n) is 5.25. The number of aromatic nitrogens is 2. The Morgan fingerprint density at radius 1 is 1.18 bits per heavy atom. The van der Waals surface area contributed by atoms with Gasteiger partial charge in [0.1, 0.15) is 5.82 Å². The molecule has 1 aliphatic carbocycles. The van der Waals surface area contributed by atoms with Crippen LogP contribution in [0.3, 0.4) is 0 Å². The quantitative estimate of drug-likeness (QED) is 0.606. The van der Waals surface area contributed by atoms with E-state index in [1.807, 2.05) is 11.6 Å². The number of carbonyl (C=O) groups excluding carboxylic acids is 1. The Hall–Kier alpha value is -2.01. The molecule has 9 nitrogen and oxygen atoms in total. The molecule has 10 heteroatoms. The number of aryl methyl sites for hydroxylation is 2. The second-order valence-corrected chi connectivity index (χ2v) is 11.8. The van der Waals surface area contributed by atoms with Gasteiger partial charge in [0.15, 0.2) is 0 Å². The molecule has 2 fully saturated rings. The molecule has 1 aromatic carbocycles. The maximum absolute atomic E-state index is 12.8. The number of sulfonamides is 1. The average molecular weight is 492 g/mol. The van der Waals surface area contributed by atoms with Crippen LogP contribution < -0.4 is 5.32 Å². The van der Waals surface area contributed by atoms with E-state index in [1.54, 1.807) is 18.2 Å². The first kappa shape index (κ1) is 25.1. The van der Waals surface area contributed by atoms with E-state index in [4.69, 9.17) is 4.74 Å². The van der Waals surface area contributed by atoms with Gasteiger partial charge in [0, 0.05) is 59.2 Å². The number of fused-ring (bicyclic) bond motifs is 1. The Morgan fingerprint density at radius 2 is 1.88 bits per heavy atom. The summed E-state index contributed by atoms with van der Waals surface area (Å²) in [4.78, 5) is 20.2. The summed E-state index contributed by atoms with van der Waals surface area (Å²) < 4.78 is 33.6. The van der Waals surface area contributed by atoms with Crippen molar-refractivity contribution in [2.75, 3.05) is 46.9 Å². The van der Waals surface area contributed by atoms with Crippen LogP contribution in [0.5, 0.6) is 0 Å². The highest BCUT2D eigenvalue weighted by Crippen LogP contribution is 2.34. The molecule has 2 heterocycles. The summed E-state index contributed by atoms with van der Waals surface area (Å²) >= 11 is 0. The van der Waals surface area contributed by atoms with Crippen molar-refractivity contribution >= 4 is 27.0 Å². The van der Waals surface area contributed by atoms with Crippen LogP contribution in [0.15, 0.2) is 23.1 Å². The van der Waals surface area contributed by atoms with Crippen LogP contribution in [0, 0.1) is 0 Å². The molecule has 0 spiro atoms. The number of ether oxygens (including phenoxy) is 1.